The van der Waals surface area contributed by atoms with Gasteiger partial charge in [0, 0.05) is 16.6 Å². The summed E-state index contributed by atoms with van der Waals surface area (Å²) >= 11 is 0. The highest BCUT2D eigenvalue weighted by atomic mass is 16.5. The summed E-state index contributed by atoms with van der Waals surface area (Å²) in [5, 5.41) is 8.28. The molecular weight excluding hydrogens is 428 g/mol. The summed E-state index contributed by atoms with van der Waals surface area (Å²) in [6.07, 6.45) is 1.53. The van der Waals surface area contributed by atoms with E-state index >= 15 is 0 Å². The van der Waals surface area contributed by atoms with Crippen molar-refractivity contribution in [1.82, 2.24) is 20.1 Å². The van der Waals surface area contributed by atoms with Crippen molar-refractivity contribution >= 4 is 22.4 Å². The number of benzene rings is 3. The topological polar surface area (TPSA) is 112 Å². The van der Waals surface area contributed by atoms with Crippen LogP contribution in [-0.4, -0.2) is 20.1 Å². The lowest BCUT2D eigenvalue weighted by Gasteiger charge is -2.11. The zero-order valence-electron chi connectivity index (χ0n) is 18.9. The molecule has 0 saturated carbocycles. The molecule has 170 valence electrons. The summed E-state index contributed by atoms with van der Waals surface area (Å²) in [6.45, 7) is 4.16. The van der Waals surface area contributed by atoms with E-state index in [9.17, 15) is 0 Å². The van der Waals surface area contributed by atoms with Crippen molar-refractivity contribution in [2.24, 2.45) is 5.73 Å². The van der Waals surface area contributed by atoms with E-state index in [1.165, 1.54) is 6.33 Å². The zero-order chi connectivity index (χ0) is 23.5. The Morgan fingerprint density at radius 3 is 2.50 bits per heavy atom. The van der Waals surface area contributed by atoms with Crippen LogP contribution < -0.4 is 15.8 Å². The Morgan fingerprint density at radius 1 is 0.971 bits per heavy atom. The SMILES string of the molecule is CC(C)(N)c1nc(-c2ccc3ncnc(Nc4ccc(OCc5ccccc5)cc4)c3c2)no1. The average molecular weight is 453 g/mol. The van der Waals surface area contributed by atoms with Crippen LogP contribution in [0.5, 0.6) is 5.75 Å². The molecule has 0 radical (unpaired) electrons. The van der Waals surface area contributed by atoms with E-state index in [4.69, 9.17) is 15.0 Å². The van der Waals surface area contributed by atoms with Gasteiger partial charge in [-0.1, -0.05) is 35.5 Å². The number of hydrogen-bond donors (Lipinski definition) is 2. The summed E-state index contributed by atoms with van der Waals surface area (Å²) in [5.74, 6) is 2.30. The Hall–Kier alpha value is -4.30. The van der Waals surface area contributed by atoms with E-state index in [2.05, 4.69) is 25.4 Å². The van der Waals surface area contributed by atoms with Crippen molar-refractivity contribution in [3.63, 3.8) is 0 Å². The number of nitrogens with two attached hydrogens (primary N) is 1. The van der Waals surface area contributed by atoms with Gasteiger partial charge < -0.3 is 20.3 Å². The molecule has 2 aromatic heterocycles. The van der Waals surface area contributed by atoms with Crippen LogP contribution in [0.3, 0.4) is 0 Å². The Bertz CT molecular complexity index is 1410. The Balaban J connectivity index is 1.36. The monoisotopic (exact) mass is 452 g/mol. The van der Waals surface area contributed by atoms with E-state index in [1.807, 2.05) is 86.6 Å². The second-order valence-corrected chi connectivity index (χ2v) is 8.52. The van der Waals surface area contributed by atoms with Crippen LogP contribution in [0, 0.1) is 0 Å². The van der Waals surface area contributed by atoms with Crippen LogP contribution in [0.1, 0.15) is 25.3 Å². The van der Waals surface area contributed by atoms with Gasteiger partial charge in [0.2, 0.25) is 11.7 Å². The van der Waals surface area contributed by atoms with Crippen molar-refractivity contribution in [1.29, 1.82) is 0 Å². The molecule has 0 fully saturated rings. The molecule has 0 aliphatic heterocycles. The first-order valence-corrected chi connectivity index (χ1v) is 10.9. The molecule has 0 unspecified atom stereocenters. The maximum atomic E-state index is 6.07. The molecule has 0 bridgehead atoms. The van der Waals surface area contributed by atoms with Gasteiger partial charge in [0.1, 0.15) is 24.5 Å². The first kappa shape index (κ1) is 21.5. The number of nitrogens with one attached hydrogen (secondary N) is 1. The van der Waals surface area contributed by atoms with Crippen LogP contribution in [0.15, 0.2) is 83.6 Å². The minimum Gasteiger partial charge on any atom is -0.489 e. The van der Waals surface area contributed by atoms with Gasteiger partial charge in [0.05, 0.1) is 11.1 Å². The van der Waals surface area contributed by atoms with Crippen molar-refractivity contribution in [2.75, 3.05) is 5.32 Å². The fraction of sp³-hybridized carbons (Fsp3) is 0.154. The summed E-state index contributed by atoms with van der Waals surface area (Å²) in [5.41, 5.74) is 8.94. The highest BCUT2D eigenvalue weighted by molar-refractivity contribution is 5.93. The number of fused-ring (bicyclic) bond motifs is 1. The molecule has 0 atom stereocenters. The molecule has 0 saturated heterocycles. The third-order valence-electron chi connectivity index (χ3n) is 5.24. The predicted molar refractivity (Wildman–Crippen MR) is 131 cm³/mol. The molecule has 0 amide bonds. The second kappa shape index (κ2) is 8.92. The van der Waals surface area contributed by atoms with Gasteiger partial charge in [-0.05, 0) is 61.9 Å². The standard InChI is InChI=1S/C26H24N6O2/c1-26(2,27)25-31-23(32-34-25)18-8-13-22-21(14-18)24(29-16-28-22)30-19-9-11-20(12-10-19)33-15-17-6-4-3-5-7-17/h3-14,16H,15,27H2,1-2H3,(H,28,29,30). The number of anilines is 2. The van der Waals surface area contributed by atoms with Crippen LogP contribution >= 0.6 is 0 Å². The van der Waals surface area contributed by atoms with Gasteiger partial charge in [-0.25, -0.2) is 9.97 Å². The number of hydrogen-bond acceptors (Lipinski definition) is 8. The fourth-order valence-corrected chi connectivity index (χ4v) is 3.41. The van der Waals surface area contributed by atoms with E-state index < -0.39 is 5.54 Å². The van der Waals surface area contributed by atoms with Gasteiger partial charge in [0.15, 0.2) is 0 Å². The minimum atomic E-state index is -0.713. The molecule has 0 spiro atoms. The van der Waals surface area contributed by atoms with Crippen molar-refractivity contribution in [3.05, 3.63) is 90.6 Å². The smallest absolute Gasteiger partial charge is 0.246 e. The molecule has 5 rings (SSSR count). The number of ether oxygens (including phenoxy) is 1. The molecular formula is C26H24N6O2. The lowest BCUT2D eigenvalue weighted by atomic mass is 10.1. The highest BCUT2D eigenvalue weighted by Gasteiger charge is 2.23. The quantitative estimate of drug-likeness (QED) is 0.347. The lowest BCUT2D eigenvalue weighted by Crippen LogP contribution is -2.28. The Morgan fingerprint density at radius 2 is 1.76 bits per heavy atom. The van der Waals surface area contributed by atoms with Crippen molar-refractivity contribution < 1.29 is 9.26 Å². The van der Waals surface area contributed by atoms with Gasteiger partial charge in [-0.3, -0.25) is 0 Å². The molecule has 8 nitrogen and oxygen atoms in total. The molecule has 5 aromatic rings. The molecule has 0 aliphatic rings. The predicted octanol–water partition coefficient (Wildman–Crippen LogP) is 5.20. The largest absolute Gasteiger partial charge is 0.489 e. The second-order valence-electron chi connectivity index (χ2n) is 8.52. The molecule has 8 heteroatoms. The summed E-state index contributed by atoms with van der Waals surface area (Å²) < 4.78 is 11.2. The number of nitrogens with zero attached hydrogens (tertiary/aromatic N) is 4. The molecule has 34 heavy (non-hydrogen) atoms. The van der Waals surface area contributed by atoms with Crippen molar-refractivity contribution in [2.45, 2.75) is 26.0 Å². The first-order chi connectivity index (χ1) is 16.5. The van der Waals surface area contributed by atoms with E-state index in [-0.39, 0.29) is 0 Å². The van der Waals surface area contributed by atoms with Crippen LogP contribution in [0.4, 0.5) is 11.5 Å². The average Bonchev–Trinajstić information content (AvgIpc) is 3.36. The zero-order valence-corrected chi connectivity index (χ0v) is 18.9. The Kier molecular flexibility index (Phi) is 5.65. The number of aromatic nitrogens is 4. The lowest BCUT2D eigenvalue weighted by molar-refractivity contribution is 0.306. The number of rotatable bonds is 7. The van der Waals surface area contributed by atoms with Crippen LogP contribution in [-0.2, 0) is 12.1 Å². The van der Waals surface area contributed by atoms with Gasteiger partial charge in [-0.15, -0.1) is 0 Å². The van der Waals surface area contributed by atoms with Crippen LogP contribution in [0.25, 0.3) is 22.3 Å². The third kappa shape index (κ3) is 4.72. The summed E-state index contributed by atoms with van der Waals surface area (Å²) in [7, 11) is 0. The normalized spacial score (nSPS) is 11.5. The molecule has 3 N–H and O–H groups in total. The molecule has 3 aromatic carbocycles. The maximum Gasteiger partial charge on any atom is 0.246 e. The first-order valence-electron chi connectivity index (χ1n) is 10.9. The summed E-state index contributed by atoms with van der Waals surface area (Å²) in [4.78, 5) is 13.3. The van der Waals surface area contributed by atoms with Gasteiger partial charge in [0.25, 0.3) is 0 Å². The van der Waals surface area contributed by atoms with Crippen LogP contribution in [0.2, 0.25) is 0 Å². The third-order valence-corrected chi connectivity index (χ3v) is 5.24. The van der Waals surface area contributed by atoms with E-state index in [0.717, 1.165) is 33.5 Å². The highest BCUT2D eigenvalue weighted by Crippen LogP contribution is 2.29. The molecule has 2 heterocycles. The molecule has 0 aliphatic carbocycles. The van der Waals surface area contributed by atoms with E-state index in [1.54, 1.807) is 0 Å². The van der Waals surface area contributed by atoms with E-state index in [0.29, 0.717) is 24.1 Å². The fourth-order valence-electron chi connectivity index (χ4n) is 3.41. The Labute approximate surface area is 196 Å². The van der Waals surface area contributed by atoms with Crippen molar-refractivity contribution in [3.8, 4) is 17.1 Å². The van der Waals surface area contributed by atoms with Gasteiger partial charge >= 0.3 is 0 Å². The van der Waals surface area contributed by atoms with Gasteiger partial charge in [-0.2, -0.15) is 4.98 Å². The minimum absolute atomic E-state index is 0.375. The summed E-state index contributed by atoms with van der Waals surface area (Å²) in [6, 6.07) is 23.6. The maximum absolute atomic E-state index is 6.07.